The maximum atomic E-state index is 14.5. The Balaban J connectivity index is 2.10. The van der Waals surface area contributed by atoms with Gasteiger partial charge in [-0.3, -0.25) is 9.69 Å². The number of nitriles is 1. The van der Waals surface area contributed by atoms with E-state index in [0.717, 1.165) is 0 Å². The highest BCUT2D eigenvalue weighted by Gasteiger charge is 2.51. The number of benzene rings is 1. The molecule has 2 heterocycles. The zero-order chi connectivity index (χ0) is 49.7. The zero-order valence-electron chi connectivity index (χ0n) is 41.7. The molecule has 3 rings (SSSR count). The summed E-state index contributed by atoms with van der Waals surface area (Å²) in [7, 11) is 5.27. The number of urea groups is 1. The van der Waals surface area contributed by atoms with Gasteiger partial charge in [0.25, 0.3) is 0 Å². The molecule has 0 spiro atoms. The molecular formula is C48H83N5O13. The Morgan fingerprint density at radius 2 is 1.74 bits per heavy atom. The minimum atomic E-state index is -1.94. The van der Waals surface area contributed by atoms with Crippen molar-refractivity contribution in [1.82, 2.24) is 15.1 Å². The van der Waals surface area contributed by atoms with Crippen molar-refractivity contribution in [3.05, 3.63) is 29.8 Å². The first-order valence-corrected chi connectivity index (χ1v) is 23.6. The monoisotopic (exact) mass is 938 g/mol. The molecule has 0 bridgehead atoms. The van der Waals surface area contributed by atoms with Crippen LogP contribution >= 0.6 is 0 Å². The molecule has 1 aromatic rings. The van der Waals surface area contributed by atoms with Crippen LogP contribution in [0.15, 0.2) is 24.3 Å². The van der Waals surface area contributed by atoms with Gasteiger partial charge in [0.2, 0.25) is 0 Å². The summed E-state index contributed by atoms with van der Waals surface area (Å²) < 4.78 is 37.5. The van der Waals surface area contributed by atoms with E-state index in [9.17, 15) is 35.1 Å². The Labute approximate surface area is 393 Å². The SMILES string of the molecule is CC[C@H]1OC(=O)[C@H](C)[C@@H](O[C@@H](CCOC)O[C@@H](C)[C@@H](C)O)[C@H](C)[C@@H](O[C@@H]2O[C@H](C)C[C@H](N(C)C)[C@H]2O)[C@](C)(O)C[C@@H](C)CN(CCCNC(=O)Nc2ccc(C#N)cc2)[C@H](C)[C@@H](O)[C@]1(C)O. The van der Waals surface area contributed by atoms with Crippen LogP contribution < -0.4 is 10.6 Å². The van der Waals surface area contributed by atoms with Crippen molar-refractivity contribution < 1.29 is 63.5 Å². The fourth-order valence-corrected chi connectivity index (χ4v) is 9.33. The standard InChI is InChI=1S/C48H83N5O13/c1-14-38-48(10,60)42(56)32(6)53(22-15-21-50-46(58)51-36-18-16-35(26-49)17-19-36)27-28(2)25-47(9,59)43(66-45-40(55)37(52(11)12)24-29(3)62-45)30(4)41(31(5)44(57)64-38)65-39(20-23-61-13)63-34(8)33(7)54/h16-19,28-34,37-43,45,54-56,59-60H,14-15,20-25,27H2,1-13H3,(H2,50,51,58)/t28-,29-,30+,31-,32-,33-,34+,37+,38-,39+,40-,41+,42-,43-,45+,47-,48-/m1/s1. The van der Waals surface area contributed by atoms with Gasteiger partial charge < -0.3 is 69.5 Å². The third-order valence-electron chi connectivity index (χ3n) is 13.3. The first-order valence-electron chi connectivity index (χ1n) is 23.6. The molecule has 378 valence electrons. The maximum absolute atomic E-state index is 14.5. The largest absolute Gasteiger partial charge is 0.459 e. The zero-order valence-corrected chi connectivity index (χ0v) is 41.7. The summed E-state index contributed by atoms with van der Waals surface area (Å²) in [5.74, 6) is -2.94. The molecule has 2 amide bonds. The first-order chi connectivity index (χ1) is 30.9. The van der Waals surface area contributed by atoms with Gasteiger partial charge in [-0.15, -0.1) is 0 Å². The van der Waals surface area contributed by atoms with Crippen LogP contribution in [-0.2, 0) is 33.2 Å². The summed E-state index contributed by atoms with van der Waals surface area (Å²) in [6.07, 6.45) is -8.49. The Morgan fingerprint density at radius 1 is 1.09 bits per heavy atom. The van der Waals surface area contributed by atoms with Gasteiger partial charge in [-0.25, -0.2) is 4.79 Å². The van der Waals surface area contributed by atoms with E-state index in [1.54, 1.807) is 72.7 Å². The minimum Gasteiger partial charge on any atom is -0.459 e. The quantitative estimate of drug-likeness (QED) is 0.0670. The highest BCUT2D eigenvalue weighted by molar-refractivity contribution is 5.89. The number of hydrogen-bond acceptors (Lipinski definition) is 16. The summed E-state index contributed by atoms with van der Waals surface area (Å²) in [4.78, 5) is 31.2. The molecule has 0 aromatic heterocycles. The summed E-state index contributed by atoms with van der Waals surface area (Å²) in [6, 6.07) is 7.06. The molecule has 0 saturated carbocycles. The van der Waals surface area contributed by atoms with Crippen LogP contribution in [0.1, 0.15) is 107 Å². The van der Waals surface area contributed by atoms with Crippen molar-refractivity contribution in [3.8, 4) is 6.07 Å². The van der Waals surface area contributed by atoms with Crippen molar-refractivity contribution in [1.29, 1.82) is 5.26 Å². The third-order valence-corrected chi connectivity index (χ3v) is 13.3. The Morgan fingerprint density at radius 3 is 2.32 bits per heavy atom. The second kappa shape index (κ2) is 26.1. The number of amides is 2. The van der Waals surface area contributed by atoms with Crippen LogP contribution in [0.3, 0.4) is 0 Å². The van der Waals surface area contributed by atoms with Crippen LogP contribution in [0, 0.1) is 29.1 Å². The van der Waals surface area contributed by atoms with Gasteiger partial charge in [0.1, 0.15) is 23.9 Å². The molecule has 18 nitrogen and oxygen atoms in total. The normalized spacial score (nSPS) is 35.7. The Hall–Kier alpha value is -3.03. The molecule has 7 N–H and O–H groups in total. The number of aliphatic hydroxyl groups is 5. The van der Waals surface area contributed by atoms with Gasteiger partial charge in [0.15, 0.2) is 12.6 Å². The molecule has 2 saturated heterocycles. The average Bonchev–Trinajstić information content (AvgIpc) is 3.25. The molecular weight excluding hydrogens is 855 g/mol. The minimum absolute atomic E-state index is 0.129. The number of nitrogens with zero attached hydrogens (tertiary/aromatic N) is 3. The van der Waals surface area contributed by atoms with E-state index in [0.29, 0.717) is 37.2 Å². The van der Waals surface area contributed by atoms with Gasteiger partial charge >= 0.3 is 12.0 Å². The molecule has 2 aliphatic rings. The average molecular weight is 938 g/mol. The molecule has 66 heavy (non-hydrogen) atoms. The fraction of sp³-hybridized carbons (Fsp3) is 0.812. The number of likely N-dealkylation sites (N-methyl/N-ethyl adjacent to an activating group) is 1. The van der Waals surface area contributed by atoms with Gasteiger partial charge in [-0.05, 0) is 118 Å². The molecule has 0 radical (unpaired) electrons. The molecule has 0 aliphatic carbocycles. The highest BCUT2D eigenvalue weighted by atomic mass is 16.7. The predicted octanol–water partition coefficient (Wildman–Crippen LogP) is 3.60. The summed E-state index contributed by atoms with van der Waals surface area (Å²) in [6.45, 7) is 18.3. The molecule has 17 atom stereocenters. The van der Waals surface area contributed by atoms with Crippen LogP contribution in [-0.4, -0.2) is 179 Å². The highest BCUT2D eigenvalue weighted by Crippen LogP contribution is 2.38. The third kappa shape index (κ3) is 16.0. The van der Waals surface area contributed by atoms with E-state index >= 15 is 0 Å². The molecule has 2 fully saturated rings. The second-order valence-corrected chi connectivity index (χ2v) is 19.5. The number of aliphatic hydroxyl groups excluding tert-OH is 3. The fourth-order valence-electron chi connectivity index (χ4n) is 9.33. The number of carbonyl (C=O) groups is 2. The van der Waals surface area contributed by atoms with E-state index in [-0.39, 0.29) is 50.5 Å². The number of carbonyl (C=O) groups excluding carboxylic acids is 2. The van der Waals surface area contributed by atoms with Crippen molar-refractivity contribution in [2.45, 2.75) is 186 Å². The second-order valence-electron chi connectivity index (χ2n) is 19.5. The number of hydrogen-bond donors (Lipinski definition) is 7. The van der Waals surface area contributed by atoms with Gasteiger partial charge in [0, 0.05) is 56.9 Å². The van der Waals surface area contributed by atoms with Gasteiger partial charge in [0.05, 0.1) is 60.3 Å². The van der Waals surface area contributed by atoms with E-state index in [1.165, 1.54) is 14.0 Å². The lowest BCUT2D eigenvalue weighted by atomic mass is 9.77. The van der Waals surface area contributed by atoms with Gasteiger partial charge in [-0.2, -0.15) is 5.26 Å². The molecule has 18 heteroatoms. The van der Waals surface area contributed by atoms with Crippen molar-refractivity contribution >= 4 is 17.7 Å². The smallest absolute Gasteiger partial charge is 0.319 e. The number of methoxy groups -OCH3 is 1. The van der Waals surface area contributed by atoms with E-state index in [2.05, 4.69) is 10.6 Å². The summed E-state index contributed by atoms with van der Waals surface area (Å²) >= 11 is 0. The van der Waals surface area contributed by atoms with Crippen molar-refractivity contribution in [3.63, 3.8) is 0 Å². The number of rotatable bonds is 17. The van der Waals surface area contributed by atoms with Crippen molar-refractivity contribution in [2.24, 2.45) is 17.8 Å². The number of ether oxygens (including phenoxy) is 6. The first kappa shape index (κ1) is 57.3. The van der Waals surface area contributed by atoms with E-state index in [4.69, 9.17) is 33.7 Å². The van der Waals surface area contributed by atoms with Gasteiger partial charge in [-0.1, -0.05) is 20.8 Å². The molecule has 1 aromatic carbocycles. The number of anilines is 1. The van der Waals surface area contributed by atoms with E-state index in [1.807, 2.05) is 43.8 Å². The lowest BCUT2D eigenvalue weighted by Gasteiger charge is -2.47. The summed E-state index contributed by atoms with van der Waals surface area (Å²) in [5.41, 5.74) is -2.62. The lowest BCUT2D eigenvalue weighted by Crippen LogP contribution is -2.59. The topological polar surface area (TPSA) is 245 Å². The van der Waals surface area contributed by atoms with E-state index < -0.39 is 96.4 Å². The van der Waals surface area contributed by atoms with Crippen LogP contribution in [0.5, 0.6) is 0 Å². The Kier molecular flexibility index (Phi) is 22.6. The maximum Gasteiger partial charge on any atom is 0.319 e. The van der Waals surface area contributed by atoms with Crippen molar-refractivity contribution in [2.75, 3.05) is 52.8 Å². The van der Waals surface area contributed by atoms with Crippen LogP contribution in [0.25, 0.3) is 0 Å². The Bertz CT molecular complexity index is 1660. The predicted molar refractivity (Wildman–Crippen MR) is 248 cm³/mol. The number of esters is 1. The summed E-state index contributed by atoms with van der Waals surface area (Å²) in [5, 5.41) is 73.8. The number of cyclic esters (lactones) is 1. The lowest BCUT2D eigenvalue weighted by molar-refractivity contribution is -0.306. The number of nitrogens with one attached hydrogen (secondary N) is 2. The molecule has 2 aliphatic heterocycles. The van der Waals surface area contributed by atoms with Crippen LogP contribution in [0.4, 0.5) is 10.5 Å². The van der Waals surface area contributed by atoms with Crippen LogP contribution in [0.2, 0.25) is 0 Å². The molecule has 0 unspecified atom stereocenters.